The van der Waals surface area contributed by atoms with E-state index in [9.17, 15) is 14.9 Å². The zero-order valence-corrected chi connectivity index (χ0v) is 15.4. The Bertz CT molecular complexity index is 1050. The van der Waals surface area contributed by atoms with Gasteiger partial charge in [-0.3, -0.25) is 14.9 Å². The summed E-state index contributed by atoms with van der Waals surface area (Å²) < 4.78 is 11.0. The summed E-state index contributed by atoms with van der Waals surface area (Å²) in [5.74, 6) is 0.450. The normalized spacial score (nSPS) is 10.5. The highest BCUT2D eigenvalue weighted by Crippen LogP contribution is 2.36. The molecular weight excluding hydrogens is 374 g/mol. The van der Waals surface area contributed by atoms with Crippen LogP contribution in [0, 0.1) is 10.1 Å². The van der Waals surface area contributed by atoms with Crippen molar-refractivity contribution in [3.63, 3.8) is 0 Å². The molecule has 0 spiro atoms. The number of hydrogen-bond donors (Lipinski definition) is 1. The minimum absolute atomic E-state index is 0.104. The number of para-hydroxylation sites is 2. The van der Waals surface area contributed by atoms with Crippen LogP contribution in [-0.2, 0) is 0 Å². The second-order valence-electron chi connectivity index (χ2n) is 5.80. The maximum Gasteiger partial charge on any atom is 0.311 e. The van der Waals surface area contributed by atoms with Crippen molar-refractivity contribution in [3.05, 3.63) is 94.0 Å². The largest absolute Gasteiger partial charge is 0.493 e. The fourth-order valence-corrected chi connectivity index (χ4v) is 2.48. The average molecular weight is 391 g/mol. The Kier molecular flexibility index (Phi) is 6.16. The van der Waals surface area contributed by atoms with Gasteiger partial charge in [-0.15, -0.1) is 0 Å². The lowest BCUT2D eigenvalue weighted by molar-refractivity contribution is -0.385. The molecule has 0 unspecified atom stereocenters. The number of nitro groups is 1. The third kappa shape index (κ3) is 4.95. The smallest absolute Gasteiger partial charge is 0.311 e. The number of hydrogen-bond acceptors (Lipinski definition) is 6. The molecule has 8 nitrogen and oxygen atoms in total. The first-order valence-corrected chi connectivity index (χ1v) is 8.56. The van der Waals surface area contributed by atoms with E-state index in [1.807, 2.05) is 6.07 Å². The van der Waals surface area contributed by atoms with E-state index >= 15 is 0 Å². The van der Waals surface area contributed by atoms with Gasteiger partial charge in [0.1, 0.15) is 0 Å². The van der Waals surface area contributed by atoms with Gasteiger partial charge in [0.25, 0.3) is 5.91 Å². The van der Waals surface area contributed by atoms with Gasteiger partial charge in [-0.05, 0) is 42.0 Å². The lowest BCUT2D eigenvalue weighted by Crippen LogP contribution is -2.17. The number of carbonyl (C=O) groups is 1. The maximum absolute atomic E-state index is 12.0. The van der Waals surface area contributed by atoms with Gasteiger partial charge in [-0.1, -0.05) is 30.3 Å². The second kappa shape index (κ2) is 9.14. The number of benzene rings is 3. The standard InChI is InChI=1S/C21H17N3O5/c1-28-20-13-15(14-22-23-21(25)16-7-3-2-4-8-16)11-12-19(20)29-18-10-6-5-9-17(18)24(26)27/h2-14H,1H3,(H,23,25)/b22-14-. The van der Waals surface area contributed by atoms with Crippen LogP contribution in [0.15, 0.2) is 77.9 Å². The summed E-state index contributed by atoms with van der Waals surface area (Å²) in [5.41, 5.74) is 3.43. The third-order valence-corrected chi connectivity index (χ3v) is 3.89. The molecule has 0 saturated carbocycles. The molecule has 0 atom stereocenters. The quantitative estimate of drug-likeness (QED) is 0.370. The molecular formula is C21H17N3O5. The topological polar surface area (TPSA) is 103 Å². The molecule has 0 radical (unpaired) electrons. The minimum atomic E-state index is -0.516. The van der Waals surface area contributed by atoms with Crippen LogP contribution in [0.5, 0.6) is 17.2 Å². The predicted molar refractivity (Wildman–Crippen MR) is 108 cm³/mol. The molecule has 29 heavy (non-hydrogen) atoms. The van der Waals surface area contributed by atoms with Crippen LogP contribution in [-0.4, -0.2) is 24.2 Å². The summed E-state index contributed by atoms with van der Waals surface area (Å²) in [6.07, 6.45) is 1.46. The zero-order chi connectivity index (χ0) is 20.6. The minimum Gasteiger partial charge on any atom is -0.493 e. The average Bonchev–Trinajstić information content (AvgIpc) is 2.75. The monoisotopic (exact) mass is 391 g/mol. The van der Waals surface area contributed by atoms with Gasteiger partial charge >= 0.3 is 5.69 Å². The highest BCUT2D eigenvalue weighted by molar-refractivity contribution is 5.94. The van der Waals surface area contributed by atoms with Gasteiger partial charge in [0.05, 0.1) is 18.2 Å². The van der Waals surface area contributed by atoms with Crippen LogP contribution < -0.4 is 14.9 Å². The van der Waals surface area contributed by atoms with Crippen LogP contribution >= 0.6 is 0 Å². The van der Waals surface area contributed by atoms with Crippen molar-refractivity contribution in [3.8, 4) is 17.2 Å². The van der Waals surface area contributed by atoms with Gasteiger partial charge < -0.3 is 9.47 Å². The van der Waals surface area contributed by atoms with Gasteiger partial charge in [0.2, 0.25) is 5.75 Å². The second-order valence-corrected chi connectivity index (χ2v) is 5.80. The Labute approximate surface area is 166 Å². The van der Waals surface area contributed by atoms with E-state index in [4.69, 9.17) is 9.47 Å². The number of nitrogens with one attached hydrogen (secondary N) is 1. The van der Waals surface area contributed by atoms with E-state index in [-0.39, 0.29) is 17.3 Å². The van der Waals surface area contributed by atoms with Crippen molar-refractivity contribution in [2.45, 2.75) is 0 Å². The van der Waals surface area contributed by atoms with E-state index in [1.54, 1.807) is 54.6 Å². The van der Waals surface area contributed by atoms with E-state index in [1.165, 1.54) is 25.5 Å². The van der Waals surface area contributed by atoms with Crippen molar-refractivity contribution < 1.29 is 19.2 Å². The Morgan fingerprint density at radius 2 is 1.72 bits per heavy atom. The molecule has 3 aromatic carbocycles. The number of nitrogens with zero attached hydrogens (tertiary/aromatic N) is 2. The summed E-state index contributed by atoms with van der Waals surface area (Å²) in [4.78, 5) is 22.6. The Morgan fingerprint density at radius 3 is 2.45 bits per heavy atom. The van der Waals surface area contributed by atoms with Gasteiger partial charge in [0.15, 0.2) is 11.5 Å². The van der Waals surface area contributed by atoms with Crippen LogP contribution in [0.25, 0.3) is 0 Å². The third-order valence-electron chi connectivity index (χ3n) is 3.89. The fourth-order valence-electron chi connectivity index (χ4n) is 2.48. The van der Waals surface area contributed by atoms with E-state index < -0.39 is 4.92 Å². The summed E-state index contributed by atoms with van der Waals surface area (Å²) in [5, 5.41) is 15.1. The molecule has 0 aliphatic carbocycles. The Morgan fingerprint density at radius 1 is 1.00 bits per heavy atom. The van der Waals surface area contributed by atoms with Crippen molar-refractivity contribution >= 4 is 17.8 Å². The van der Waals surface area contributed by atoms with Crippen LogP contribution in [0.2, 0.25) is 0 Å². The highest BCUT2D eigenvalue weighted by Gasteiger charge is 2.16. The highest BCUT2D eigenvalue weighted by atomic mass is 16.6. The fraction of sp³-hybridized carbons (Fsp3) is 0.0476. The van der Waals surface area contributed by atoms with Crippen molar-refractivity contribution in [1.82, 2.24) is 5.43 Å². The van der Waals surface area contributed by atoms with Gasteiger partial charge in [0, 0.05) is 11.6 Å². The predicted octanol–water partition coefficient (Wildman–Crippen LogP) is 4.16. The summed E-state index contributed by atoms with van der Waals surface area (Å²) in [7, 11) is 1.46. The Hall–Kier alpha value is -4.20. The number of carbonyl (C=O) groups excluding carboxylic acids is 1. The molecule has 0 heterocycles. The van der Waals surface area contributed by atoms with Crippen LogP contribution in [0.3, 0.4) is 0 Å². The molecule has 3 aromatic rings. The molecule has 146 valence electrons. The number of amides is 1. The molecule has 0 bridgehead atoms. The van der Waals surface area contributed by atoms with Crippen LogP contribution in [0.4, 0.5) is 5.69 Å². The van der Waals surface area contributed by atoms with Crippen LogP contribution in [0.1, 0.15) is 15.9 Å². The number of rotatable bonds is 7. The van der Waals surface area contributed by atoms with E-state index in [2.05, 4.69) is 10.5 Å². The van der Waals surface area contributed by atoms with E-state index in [0.29, 0.717) is 22.6 Å². The van der Waals surface area contributed by atoms with Crippen molar-refractivity contribution in [2.24, 2.45) is 5.10 Å². The molecule has 0 saturated heterocycles. The number of hydrazone groups is 1. The van der Waals surface area contributed by atoms with Gasteiger partial charge in [-0.2, -0.15) is 5.10 Å². The molecule has 0 aromatic heterocycles. The molecule has 0 fully saturated rings. The first-order chi connectivity index (χ1) is 14.1. The van der Waals surface area contributed by atoms with Crippen molar-refractivity contribution in [2.75, 3.05) is 7.11 Å². The molecule has 1 N–H and O–H groups in total. The lowest BCUT2D eigenvalue weighted by atomic mass is 10.2. The maximum atomic E-state index is 12.0. The first-order valence-electron chi connectivity index (χ1n) is 8.56. The first kappa shape index (κ1) is 19.6. The number of ether oxygens (including phenoxy) is 2. The zero-order valence-electron chi connectivity index (χ0n) is 15.4. The summed E-state index contributed by atoms with van der Waals surface area (Å²) in [6, 6.07) is 19.7. The Balaban J connectivity index is 1.74. The number of nitro benzene ring substituents is 1. The lowest BCUT2D eigenvalue weighted by Gasteiger charge is -2.11. The number of methoxy groups -OCH3 is 1. The molecule has 3 rings (SSSR count). The molecule has 0 aliphatic rings. The van der Waals surface area contributed by atoms with Gasteiger partial charge in [-0.25, -0.2) is 5.43 Å². The van der Waals surface area contributed by atoms with E-state index in [0.717, 1.165) is 0 Å². The molecule has 1 amide bonds. The molecule has 8 heteroatoms. The SMILES string of the molecule is COc1cc(/C=N\NC(=O)c2ccccc2)ccc1Oc1ccccc1[N+](=O)[O-]. The molecule has 0 aliphatic heterocycles. The summed E-state index contributed by atoms with van der Waals surface area (Å²) in [6.45, 7) is 0. The summed E-state index contributed by atoms with van der Waals surface area (Å²) >= 11 is 0. The van der Waals surface area contributed by atoms with Crippen molar-refractivity contribution in [1.29, 1.82) is 0 Å².